The molecule has 43 heavy (non-hydrogen) atoms. The second-order valence-corrected chi connectivity index (χ2v) is 12.8. The van der Waals surface area contributed by atoms with Crippen molar-refractivity contribution in [1.29, 1.82) is 0 Å². The molecule has 1 heterocycles. The molecule has 1 aromatic carbocycles. The van der Waals surface area contributed by atoms with E-state index in [1.165, 1.54) is 62.0 Å². The van der Waals surface area contributed by atoms with Crippen LogP contribution in [0.3, 0.4) is 0 Å². The minimum Gasteiger partial charge on any atom is -0.371 e. The van der Waals surface area contributed by atoms with Crippen molar-refractivity contribution in [2.24, 2.45) is 17.8 Å². The highest BCUT2D eigenvalue weighted by molar-refractivity contribution is 6.19. The van der Waals surface area contributed by atoms with Gasteiger partial charge in [0, 0.05) is 30.4 Å². The van der Waals surface area contributed by atoms with Crippen LogP contribution in [-0.2, 0) is 9.59 Å². The number of hydrogen-bond donors (Lipinski definition) is 0. The van der Waals surface area contributed by atoms with Gasteiger partial charge in [-0.1, -0.05) is 99.5 Å². The molecular weight excluding hydrogens is 530 g/mol. The maximum atomic E-state index is 13.9. The number of anilines is 1. The maximum Gasteiger partial charge on any atom is 0.260 e. The number of imide groups is 1. The van der Waals surface area contributed by atoms with E-state index in [0.717, 1.165) is 30.6 Å². The van der Waals surface area contributed by atoms with Gasteiger partial charge in [0.15, 0.2) is 0 Å². The highest BCUT2D eigenvalue weighted by Crippen LogP contribution is 2.36. The number of nitrogens with zero attached hydrogens (tertiary/aromatic N) is 3. The lowest BCUT2D eigenvalue weighted by Crippen LogP contribution is -2.48. The van der Waals surface area contributed by atoms with Gasteiger partial charge >= 0.3 is 0 Å². The zero-order valence-corrected chi connectivity index (χ0v) is 28.8. The Bertz CT molecular complexity index is 1160. The minimum atomic E-state index is -0.452. The summed E-state index contributed by atoms with van der Waals surface area (Å²) >= 11 is 0. The summed E-state index contributed by atoms with van der Waals surface area (Å²) in [7, 11) is 0. The normalized spacial score (nSPS) is 17.7. The molecule has 0 aromatic heterocycles. The zero-order valence-electron chi connectivity index (χ0n) is 28.8. The maximum absolute atomic E-state index is 13.9. The van der Waals surface area contributed by atoms with Crippen LogP contribution >= 0.6 is 0 Å². The summed E-state index contributed by atoms with van der Waals surface area (Å²) in [4.78, 5) is 34.8. The van der Waals surface area contributed by atoms with Gasteiger partial charge in [0.05, 0.1) is 6.57 Å². The van der Waals surface area contributed by atoms with Crippen LogP contribution < -0.4 is 4.90 Å². The first-order chi connectivity index (χ1) is 20.6. The van der Waals surface area contributed by atoms with Crippen LogP contribution in [0.15, 0.2) is 35.0 Å². The summed E-state index contributed by atoms with van der Waals surface area (Å²) in [5.41, 5.74) is 4.49. The molecule has 1 aromatic rings. The molecule has 2 rings (SSSR count). The van der Waals surface area contributed by atoms with E-state index in [9.17, 15) is 9.59 Å². The Hall–Kier alpha value is -2.87. The van der Waals surface area contributed by atoms with Crippen LogP contribution in [0, 0.1) is 31.2 Å². The fourth-order valence-electron chi connectivity index (χ4n) is 6.14. The molecule has 0 radical (unpaired) electrons. The molecule has 1 aliphatic rings. The Morgan fingerprint density at radius 2 is 1.44 bits per heavy atom. The minimum absolute atomic E-state index is 0.0689. The number of unbranched alkanes of at least 4 members (excludes halogenated alkanes) is 2. The van der Waals surface area contributed by atoms with Crippen LogP contribution in [0.25, 0.3) is 10.9 Å². The van der Waals surface area contributed by atoms with Crippen molar-refractivity contribution < 1.29 is 9.59 Å². The summed E-state index contributed by atoms with van der Waals surface area (Å²) in [6, 6.07) is 6.35. The molecule has 0 spiro atoms. The van der Waals surface area contributed by atoms with Gasteiger partial charge in [0.25, 0.3) is 17.5 Å². The van der Waals surface area contributed by atoms with E-state index in [2.05, 4.69) is 62.6 Å². The molecule has 4 unspecified atom stereocenters. The topological polar surface area (TPSA) is 45.0 Å². The standard InChI is InChI=1S/C38H59N3O2/c1-11-17-19-30(15-5)25-40(26-31(16-6)20-18-12-2)33-22-21-32(28(8)23-33)24-34-35(27(7)13-3)36(39-10)38(43)41(37(34)42)29(9)14-4/h21-24,27,29-31H,11-20,25-26H2,1-9H3. The van der Waals surface area contributed by atoms with Gasteiger partial charge < -0.3 is 4.90 Å². The average Bonchev–Trinajstić information content (AvgIpc) is 3.01. The van der Waals surface area contributed by atoms with Crippen molar-refractivity contribution in [2.75, 3.05) is 18.0 Å². The SMILES string of the molecule is [C-]#[N+]C1=C(C(C)CC)C(=Cc2ccc(N(CC(CC)CCCC)CC(CC)CCCC)cc2C)C(=O)N(C(C)CC)C1=O. The number of benzene rings is 1. The molecule has 5 nitrogen and oxygen atoms in total. The fourth-order valence-corrected chi connectivity index (χ4v) is 6.14. The number of amides is 2. The summed E-state index contributed by atoms with van der Waals surface area (Å²) in [5.74, 6) is 0.540. The van der Waals surface area contributed by atoms with Crippen molar-refractivity contribution in [3.05, 3.63) is 57.6 Å². The van der Waals surface area contributed by atoms with Gasteiger partial charge in [-0.05, 0) is 85.8 Å². The summed E-state index contributed by atoms with van der Waals surface area (Å²) in [6.07, 6.45) is 13.2. The van der Waals surface area contributed by atoms with E-state index in [1.807, 2.05) is 33.8 Å². The van der Waals surface area contributed by atoms with Gasteiger partial charge in [-0.25, -0.2) is 4.85 Å². The van der Waals surface area contributed by atoms with Crippen molar-refractivity contribution in [3.63, 3.8) is 0 Å². The van der Waals surface area contributed by atoms with E-state index >= 15 is 0 Å². The summed E-state index contributed by atoms with van der Waals surface area (Å²) < 4.78 is 0. The first-order valence-electron chi connectivity index (χ1n) is 17.2. The van der Waals surface area contributed by atoms with Gasteiger partial charge in [0.2, 0.25) is 0 Å². The number of aryl methyl sites for hydroxylation is 1. The lowest BCUT2D eigenvalue weighted by Gasteiger charge is -2.34. The Kier molecular flexibility index (Phi) is 15.3. The third kappa shape index (κ3) is 9.31. The van der Waals surface area contributed by atoms with Crippen molar-refractivity contribution in [1.82, 2.24) is 4.90 Å². The smallest absolute Gasteiger partial charge is 0.260 e. The largest absolute Gasteiger partial charge is 0.371 e. The molecule has 0 saturated carbocycles. The Morgan fingerprint density at radius 3 is 1.88 bits per heavy atom. The van der Waals surface area contributed by atoms with Gasteiger partial charge in [-0.2, -0.15) is 0 Å². The third-order valence-electron chi connectivity index (χ3n) is 9.63. The lowest BCUT2D eigenvalue weighted by atomic mass is 9.84. The monoisotopic (exact) mass is 589 g/mol. The predicted octanol–water partition coefficient (Wildman–Crippen LogP) is 10.0. The quantitative estimate of drug-likeness (QED) is 0.0972. The molecular formula is C38H59N3O2. The van der Waals surface area contributed by atoms with Gasteiger partial charge in [-0.15, -0.1) is 0 Å². The van der Waals surface area contributed by atoms with E-state index in [0.29, 0.717) is 29.4 Å². The highest BCUT2D eigenvalue weighted by atomic mass is 16.2. The second kappa shape index (κ2) is 18.1. The molecule has 0 fully saturated rings. The van der Waals surface area contributed by atoms with Crippen LogP contribution in [0.4, 0.5) is 5.69 Å². The first-order valence-corrected chi connectivity index (χ1v) is 17.2. The fraction of sp³-hybridized carbons (Fsp3) is 0.658. The Labute approximate surface area is 263 Å². The molecule has 5 heteroatoms. The number of carbonyl (C=O) groups is 2. The van der Waals surface area contributed by atoms with E-state index in [4.69, 9.17) is 6.57 Å². The molecule has 0 bridgehead atoms. The molecule has 238 valence electrons. The summed E-state index contributed by atoms with van der Waals surface area (Å²) in [5, 5.41) is 0. The molecule has 0 N–H and O–H groups in total. The van der Waals surface area contributed by atoms with Crippen molar-refractivity contribution in [2.45, 2.75) is 133 Å². The average molecular weight is 590 g/mol. The van der Waals surface area contributed by atoms with Crippen LogP contribution in [-0.4, -0.2) is 35.8 Å². The van der Waals surface area contributed by atoms with Crippen molar-refractivity contribution in [3.8, 4) is 0 Å². The molecule has 4 atom stereocenters. The first kappa shape index (κ1) is 36.3. The van der Waals surface area contributed by atoms with Crippen LogP contribution in [0.1, 0.15) is 131 Å². The van der Waals surface area contributed by atoms with Gasteiger partial charge in [0.1, 0.15) is 0 Å². The van der Waals surface area contributed by atoms with Crippen LogP contribution in [0.5, 0.6) is 0 Å². The lowest BCUT2D eigenvalue weighted by molar-refractivity contribution is -0.143. The van der Waals surface area contributed by atoms with Crippen molar-refractivity contribution >= 4 is 23.6 Å². The van der Waals surface area contributed by atoms with Crippen LogP contribution in [0.2, 0.25) is 0 Å². The second-order valence-electron chi connectivity index (χ2n) is 12.8. The molecule has 1 aliphatic heterocycles. The predicted molar refractivity (Wildman–Crippen MR) is 183 cm³/mol. The molecule has 2 amide bonds. The Balaban J connectivity index is 2.61. The Morgan fingerprint density at radius 1 is 0.860 bits per heavy atom. The number of rotatable bonds is 18. The van der Waals surface area contributed by atoms with Gasteiger partial charge in [-0.3, -0.25) is 14.5 Å². The third-order valence-corrected chi connectivity index (χ3v) is 9.63. The van der Waals surface area contributed by atoms with E-state index < -0.39 is 5.91 Å². The number of carbonyl (C=O) groups excluding carboxylic acids is 2. The van der Waals surface area contributed by atoms with E-state index in [-0.39, 0.29) is 23.6 Å². The highest BCUT2D eigenvalue weighted by Gasteiger charge is 2.40. The number of hydrogen-bond acceptors (Lipinski definition) is 3. The molecule has 0 saturated heterocycles. The zero-order chi connectivity index (χ0) is 32.1. The summed E-state index contributed by atoms with van der Waals surface area (Å²) in [6.45, 7) is 29.2. The van der Waals surface area contributed by atoms with E-state index in [1.54, 1.807) is 0 Å². The molecule has 0 aliphatic carbocycles.